The minimum Gasteiger partial charge on any atom is -0.395 e. The second-order valence-electron chi connectivity index (χ2n) is 4.65. The number of imidazole rings is 1. The van der Waals surface area contributed by atoms with E-state index in [9.17, 15) is 5.11 Å². The largest absolute Gasteiger partial charge is 0.395 e. The van der Waals surface area contributed by atoms with Crippen molar-refractivity contribution in [3.63, 3.8) is 0 Å². The Balaban J connectivity index is 2.06. The van der Waals surface area contributed by atoms with E-state index in [2.05, 4.69) is 14.9 Å². The lowest BCUT2D eigenvalue weighted by atomic mass is 9.91. The van der Waals surface area contributed by atoms with Crippen LogP contribution in [0.3, 0.4) is 0 Å². The Hall–Kier alpha value is -1.82. The monoisotopic (exact) mass is 247 g/mol. The third kappa shape index (κ3) is 1.78. The smallest absolute Gasteiger partial charge is 0.180 e. The molecule has 2 heterocycles. The third-order valence-electron chi connectivity index (χ3n) is 3.50. The molecule has 2 aromatic heterocycles. The van der Waals surface area contributed by atoms with Crippen molar-refractivity contribution in [2.75, 3.05) is 23.8 Å². The number of aliphatic hydroxyl groups is 1. The summed E-state index contributed by atoms with van der Waals surface area (Å²) in [4.78, 5) is 10.9. The van der Waals surface area contributed by atoms with E-state index in [1.54, 1.807) is 12.4 Å². The number of aliphatic hydroxyl groups excluding tert-OH is 1. The first-order valence-electron chi connectivity index (χ1n) is 6.26. The molecule has 1 fully saturated rings. The molecule has 6 heteroatoms. The molecular formula is C12H17N5O. The molecule has 1 aliphatic carbocycles. The van der Waals surface area contributed by atoms with Gasteiger partial charge in [-0.1, -0.05) is 0 Å². The van der Waals surface area contributed by atoms with Gasteiger partial charge in [-0.05, 0) is 19.3 Å². The van der Waals surface area contributed by atoms with Crippen LogP contribution in [0.4, 0.5) is 11.6 Å². The lowest BCUT2D eigenvalue weighted by Gasteiger charge is -2.38. The van der Waals surface area contributed by atoms with Gasteiger partial charge in [-0.25, -0.2) is 9.97 Å². The number of fused-ring (bicyclic) bond motifs is 1. The summed E-state index contributed by atoms with van der Waals surface area (Å²) in [6, 6.07) is 0.451. The molecule has 6 nitrogen and oxygen atoms in total. The molecule has 0 bridgehead atoms. The average molecular weight is 247 g/mol. The molecule has 0 unspecified atom stereocenters. The minimum atomic E-state index is 0.111. The van der Waals surface area contributed by atoms with Crippen molar-refractivity contribution in [2.24, 2.45) is 0 Å². The van der Waals surface area contributed by atoms with Crippen molar-refractivity contribution in [1.82, 2.24) is 14.4 Å². The van der Waals surface area contributed by atoms with Crippen LogP contribution in [-0.2, 0) is 0 Å². The van der Waals surface area contributed by atoms with Crippen LogP contribution >= 0.6 is 0 Å². The lowest BCUT2D eigenvalue weighted by molar-refractivity contribution is 0.283. The summed E-state index contributed by atoms with van der Waals surface area (Å²) < 4.78 is 1.88. The number of nitrogen functional groups attached to an aromatic ring is 1. The van der Waals surface area contributed by atoms with Crippen LogP contribution in [0.15, 0.2) is 18.6 Å². The molecule has 0 aromatic carbocycles. The maximum absolute atomic E-state index is 9.23. The zero-order chi connectivity index (χ0) is 12.5. The molecule has 18 heavy (non-hydrogen) atoms. The van der Waals surface area contributed by atoms with Crippen molar-refractivity contribution in [2.45, 2.75) is 25.3 Å². The van der Waals surface area contributed by atoms with E-state index in [1.807, 2.05) is 10.6 Å². The van der Waals surface area contributed by atoms with Crippen LogP contribution in [0.2, 0.25) is 0 Å². The fraction of sp³-hybridized carbons (Fsp3) is 0.500. The fourth-order valence-corrected chi connectivity index (χ4v) is 2.39. The molecule has 3 rings (SSSR count). The fourth-order valence-electron chi connectivity index (χ4n) is 2.39. The lowest BCUT2D eigenvalue weighted by Crippen LogP contribution is -2.42. The molecule has 2 aromatic rings. The molecular weight excluding hydrogens is 230 g/mol. The summed E-state index contributed by atoms with van der Waals surface area (Å²) in [5, 5.41) is 9.23. The maximum Gasteiger partial charge on any atom is 0.180 e. The van der Waals surface area contributed by atoms with Gasteiger partial charge in [0.2, 0.25) is 0 Å². The van der Waals surface area contributed by atoms with Gasteiger partial charge < -0.3 is 20.1 Å². The molecule has 0 atom stereocenters. The number of aromatic nitrogens is 3. The van der Waals surface area contributed by atoms with Crippen molar-refractivity contribution < 1.29 is 5.11 Å². The second-order valence-corrected chi connectivity index (χ2v) is 4.65. The summed E-state index contributed by atoms with van der Waals surface area (Å²) in [6.45, 7) is 0.684. The number of hydrogen-bond acceptors (Lipinski definition) is 5. The number of nitrogens with two attached hydrogens (primary N) is 1. The van der Waals surface area contributed by atoms with Gasteiger partial charge in [0.05, 0.1) is 12.8 Å². The first-order chi connectivity index (χ1) is 8.79. The number of rotatable bonds is 4. The van der Waals surface area contributed by atoms with Gasteiger partial charge in [0.25, 0.3) is 0 Å². The van der Waals surface area contributed by atoms with Gasteiger partial charge in [-0.2, -0.15) is 0 Å². The normalized spacial score (nSPS) is 15.8. The standard InChI is InChI=1S/C12H17N5O/c13-10-8-16-5-4-14-11(16)12(15-10)17(6-7-18)9-2-1-3-9/h4-5,8-9,18H,1-3,6-7,13H2. The highest BCUT2D eigenvalue weighted by Crippen LogP contribution is 2.30. The number of hydrogen-bond donors (Lipinski definition) is 2. The Morgan fingerprint density at radius 2 is 2.33 bits per heavy atom. The minimum absolute atomic E-state index is 0.111. The molecule has 0 radical (unpaired) electrons. The first kappa shape index (κ1) is 11.3. The Morgan fingerprint density at radius 1 is 1.50 bits per heavy atom. The molecule has 0 amide bonds. The molecule has 3 N–H and O–H groups in total. The first-order valence-corrected chi connectivity index (χ1v) is 6.26. The van der Waals surface area contributed by atoms with Gasteiger partial charge in [-0.3, -0.25) is 0 Å². The van der Waals surface area contributed by atoms with Crippen LogP contribution in [0.25, 0.3) is 5.65 Å². The summed E-state index contributed by atoms with van der Waals surface area (Å²) in [7, 11) is 0. The van der Waals surface area contributed by atoms with Crippen molar-refractivity contribution in [3.05, 3.63) is 18.6 Å². The summed E-state index contributed by atoms with van der Waals surface area (Å²) in [5.41, 5.74) is 6.62. The SMILES string of the molecule is Nc1cn2ccnc2c(N(CCO)C2CCC2)n1. The predicted octanol–water partition coefficient (Wildman–Crippen LogP) is 0.663. The maximum atomic E-state index is 9.23. The van der Waals surface area contributed by atoms with Gasteiger partial charge in [0, 0.05) is 25.0 Å². The van der Waals surface area contributed by atoms with E-state index in [1.165, 1.54) is 6.42 Å². The number of anilines is 2. The van der Waals surface area contributed by atoms with E-state index in [0.717, 1.165) is 24.3 Å². The number of nitrogens with zero attached hydrogens (tertiary/aromatic N) is 4. The molecule has 96 valence electrons. The highest BCUT2D eigenvalue weighted by atomic mass is 16.3. The summed E-state index contributed by atoms with van der Waals surface area (Å²) in [5.74, 6) is 1.25. The van der Waals surface area contributed by atoms with E-state index < -0.39 is 0 Å². The molecule has 0 saturated heterocycles. The molecule has 1 aliphatic rings. The van der Waals surface area contributed by atoms with Gasteiger partial charge in [-0.15, -0.1) is 0 Å². The predicted molar refractivity (Wildman–Crippen MR) is 69.5 cm³/mol. The summed E-state index contributed by atoms with van der Waals surface area (Å²) >= 11 is 0. The van der Waals surface area contributed by atoms with Gasteiger partial charge in [0.1, 0.15) is 5.82 Å². The Kier molecular flexibility index (Phi) is 2.79. The highest BCUT2D eigenvalue weighted by Gasteiger charge is 2.27. The van der Waals surface area contributed by atoms with Crippen molar-refractivity contribution >= 4 is 17.3 Å². The quantitative estimate of drug-likeness (QED) is 0.829. The molecule has 0 aliphatic heterocycles. The zero-order valence-corrected chi connectivity index (χ0v) is 10.2. The second kappa shape index (κ2) is 4.45. The van der Waals surface area contributed by atoms with Gasteiger partial charge >= 0.3 is 0 Å². The Labute approximate surface area is 105 Å². The Bertz CT molecular complexity index is 548. The van der Waals surface area contributed by atoms with E-state index >= 15 is 0 Å². The van der Waals surface area contributed by atoms with Crippen LogP contribution < -0.4 is 10.6 Å². The van der Waals surface area contributed by atoms with E-state index in [-0.39, 0.29) is 6.61 Å². The highest BCUT2D eigenvalue weighted by molar-refractivity contribution is 5.67. The van der Waals surface area contributed by atoms with Crippen molar-refractivity contribution in [3.8, 4) is 0 Å². The summed E-state index contributed by atoms with van der Waals surface area (Å²) in [6.07, 6.45) is 8.86. The zero-order valence-electron chi connectivity index (χ0n) is 10.2. The van der Waals surface area contributed by atoms with Crippen LogP contribution in [0, 0.1) is 0 Å². The van der Waals surface area contributed by atoms with E-state index in [0.29, 0.717) is 18.4 Å². The average Bonchev–Trinajstić information content (AvgIpc) is 2.72. The Morgan fingerprint density at radius 3 is 3.00 bits per heavy atom. The molecule has 1 saturated carbocycles. The third-order valence-corrected chi connectivity index (χ3v) is 3.50. The van der Waals surface area contributed by atoms with E-state index in [4.69, 9.17) is 5.73 Å². The van der Waals surface area contributed by atoms with Gasteiger partial charge in [0.15, 0.2) is 11.5 Å². The van der Waals surface area contributed by atoms with Crippen LogP contribution in [0.5, 0.6) is 0 Å². The van der Waals surface area contributed by atoms with Crippen molar-refractivity contribution in [1.29, 1.82) is 0 Å². The molecule has 0 spiro atoms. The van der Waals surface area contributed by atoms with Crippen LogP contribution in [0.1, 0.15) is 19.3 Å². The van der Waals surface area contributed by atoms with Crippen LogP contribution in [-0.4, -0.2) is 38.7 Å². The topological polar surface area (TPSA) is 79.7 Å².